The third kappa shape index (κ3) is 5.16. The highest BCUT2D eigenvalue weighted by molar-refractivity contribution is 7.99. The zero-order valence-corrected chi connectivity index (χ0v) is 18.1. The summed E-state index contributed by atoms with van der Waals surface area (Å²) in [7, 11) is 1.53. The van der Waals surface area contributed by atoms with Crippen LogP contribution in [0.15, 0.2) is 49.1 Å². The summed E-state index contributed by atoms with van der Waals surface area (Å²) in [4.78, 5) is 27.3. The van der Waals surface area contributed by atoms with Gasteiger partial charge in [-0.1, -0.05) is 12.7 Å². The molecule has 0 unspecified atom stereocenters. The lowest BCUT2D eigenvalue weighted by molar-refractivity contribution is 0.0772. The largest absolute Gasteiger partial charge is 0.493 e. The van der Waals surface area contributed by atoms with E-state index in [2.05, 4.69) is 11.9 Å². The van der Waals surface area contributed by atoms with Crippen molar-refractivity contribution in [3.8, 4) is 11.5 Å². The Kier molecular flexibility index (Phi) is 7.41. The maximum atomic E-state index is 12.7. The van der Waals surface area contributed by atoms with Gasteiger partial charge in [-0.2, -0.15) is 11.8 Å². The van der Waals surface area contributed by atoms with Crippen molar-refractivity contribution in [1.82, 2.24) is 4.90 Å². The molecule has 2 aromatic rings. The van der Waals surface area contributed by atoms with Gasteiger partial charge in [0.15, 0.2) is 11.5 Å². The van der Waals surface area contributed by atoms with E-state index >= 15 is 0 Å². The maximum Gasteiger partial charge on any atom is 0.255 e. The summed E-state index contributed by atoms with van der Waals surface area (Å²) in [6, 6.07) is 10.4. The molecule has 6 nitrogen and oxygen atoms in total. The third-order valence-electron chi connectivity index (χ3n) is 4.80. The lowest BCUT2D eigenvalue weighted by Gasteiger charge is -2.26. The van der Waals surface area contributed by atoms with Crippen molar-refractivity contribution < 1.29 is 19.1 Å². The van der Waals surface area contributed by atoms with E-state index in [1.807, 2.05) is 29.7 Å². The van der Waals surface area contributed by atoms with Crippen LogP contribution in [-0.2, 0) is 0 Å². The average Bonchev–Trinajstić information content (AvgIpc) is 2.78. The van der Waals surface area contributed by atoms with Crippen molar-refractivity contribution in [3.05, 3.63) is 65.7 Å². The summed E-state index contributed by atoms with van der Waals surface area (Å²) in [6.45, 7) is 7.40. The topological polar surface area (TPSA) is 67.9 Å². The number of carbonyl (C=O) groups is 2. The van der Waals surface area contributed by atoms with E-state index in [-0.39, 0.29) is 11.8 Å². The summed E-state index contributed by atoms with van der Waals surface area (Å²) >= 11 is 1.87. The van der Waals surface area contributed by atoms with Crippen molar-refractivity contribution >= 4 is 29.3 Å². The van der Waals surface area contributed by atoms with Gasteiger partial charge in [-0.15, -0.1) is 0 Å². The predicted molar refractivity (Wildman–Crippen MR) is 121 cm³/mol. The number of anilines is 1. The molecular formula is C23H26N2O4S. The van der Waals surface area contributed by atoms with Crippen molar-refractivity contribution in [3.63, 3.8) is 0 Å². The number of ether oxygens (including phenoxy) is 2. The second-order valence-electron chi connectivity index (χ2n) is 6.85. The van der Waals surface area contributed by atoms with Crippen LogP contribution in [0.2, 0.25) is 0 Å². The van der Waals surface area contributed by atoms with Crippen LogP contribution in [0.5, 0.6) is 11.5 Å². The van der Waals surface area contributed by atoms with Crippen LogP contribution in [0.25, 0.3) is 0 Å². The van der Waals surface area contributed by atoms with Crippen molar-refractivity contribution in [1.29, 1.82) is 0 Å². The highest BCUT2D eigenvalue weighted by atomic mass is 32.2. The number of amides is 2. The van der Waals surface area contributed by atoms with Gasteiger partial charge >= 0.3 is 0 Å². The Morgan fingerprint density at radius 1 is 1.13 bits per heavy atom. The highest BCUT2D eigenvalue weighted by Crippen LogP contribution is 2.29. The minimum atomic E-state index is -0.265. The summed E-state index contributed by atoms with van der Waals surface area (Å²) in [5.41, 5.74) is 2.58. The fraction of sp³-hybridized carbons (Fsp3) is 0.304. The molecule has 3 rings (SSSR count). The normalized spacial score (nSPS) is 13.5. The van der Waals surface area contributed by atoms with Crippen LogP contribution >= 0.6 is 11.8 Å². The molecule has 2 aromatic carbocycles. The van der Waals surface area contributed by atoms with E-state index in [0.717, 1.165) is 30.2 Å². The van der Waals surface area contributed by atoms with Crippen LogP contribution in [0, 0.1) is 6.92 Å². The Balaban J connectivity index is 1.72. The first-order chi connectivity index (χ1) is 14.5. The first-order valence-electron chi connectivity index (χ1n) is 9.74. The van der Waals surface area contributed by atoms with Gasteiger partial charge in [0.25, 0.3) is 11.8 Å². The SMILES string of the molecule is C=CCOc1ccc(C(=O)Nc2ccc(C(=O)N3CCSCC3)cc2C)cc1OC. The van der Waals surface area contributed by atoms with E-state index in [0.29, 0.717) is 34.9 Å². The first kappa shape index (κ1) is 21.8. The maximum absolute atomic E-state index is 12.7. The average molecular weight is 427 g/mol. The van der Waals surface area contributed by atoms with Crippen LogP contribution < -0.4 is 14.8 Å². The molecule has 30 heavy (non-hydrogen) atoms. The van der Waals surface area contributed by atoms with Gasteiger partial charge in [-0.05, 0) is 48.9 Å². The molecule has 1 aliphatic rings. The molecule has 0 aromatic heterocycles. The van der Waals surface area contributed by atoms with E-state index in [1.165, 1.54) is 7.11 Å². The molecule has 0 aliphatic carbocycles. The molecule has 7 heteroatoms. The molecule has 1 fully saturated rings. The minimum absolute atomic E-state index is 0.0381. The van der Waals surface area contributed by atoms with Gasteiger partial charge in [0, 0.05) is 41.4 Å². The fourth-order valence-electron chi connectivity index (χ4n) is 3.16. The zero-order valence-electron chi connectivity index (χ0n) is 17.3. The lowest BCUT2D eigenvalue weighted by atomic mass is 10.1. The Labute approximate surface area is 181 Å². The summed E-state index contributed by atoms with van der Waals surface area (Å²) in [6.07, 6.45) is 1.64. The first-order valence-corrected chi connectivity index (χ1v) is 10.9. The van der Waals surface area contributed by atoms with Crippen LogP contribution in [0.1, 0.15) is 26.3 Å². The van der Waals surface area contributed by atoms with Crippen molar-refractivity contribution in [2.75, 3.05) is 43.6 Å². The molecule has 1 aliphatic heterocycles. The molecular weight excluding hydrogens is 400 g/mol. The van der Waals surface area contributed by atoms with Gasteiger partial charge in [0.1, 0.15) is 6.61 Å². The standard InChI is InChI=1S/C23H26N2O4S/c1-4-11-29-20-8-6-17(15-21(20)28-3)22(26)24-19-7-5-18(14-16(19)2)23(27)25-9-12-30-13-10-25/h4-8,14-15H,1,9-13H2,2-3H3,(H,24,26). The van der Waals surface area contributed by atoms with E-state index in [9.17, 15) is 9.59 Å². The minimum Gasteiger partial charge on any atom is -0.493 e. The molecule has 1 N–H and O–H groups in total. The number of aryl methyl sites for hydroxylation is 1. The van der Waals surface area contributed by atoms with Gasteiger partial charge in [0.05, 0.1) is 7.11 Å². The van der Waals surface area contributed by atoms with E-state index < -0.39 is 0 Å². The van der Waals surface area contributed by atoms with Gasteiger partial charge in [0.2, 0.25) is 0 Å². The van der Waals surface area contributed by atoms with Gasteiger partial charge in [-0.25, -0.2) is 0 Å². The van der Waals surface area contributed by atoms with Gasteiger partial charge in [-0.3, -0.25) is 9.59 Å². The number of thioether (sulfide) groups is 1. The molecule has 1 heterocycles. The monoisotopic (exact) mass is 426 g/mol. The summed E-state index contributed by atoms with van der Waals surface area (Å²) in [5.74, 6) is 2.74. The van der Waals surface area contributed by atoms with Crippen LogP contribution in [0.3, 0.4) is 0 Å². The second kappa shape index (κ2) is 10.2. The number of nitrogens with zero attached hydrogens (tertiary/aromatic N) is 1. The number of rotatable bonds is 7. The number of carbonyl (C=O) groups excluding carboxylic acids is 2. The molecule has 0 saturated carbocycles. The smallest absolute Gasteiger partial charge is 0.255 e. The number of methoxy groups -OCH3 is 1. The highest BCUT2D eigenvalue weighted by Gasteiger charge is 2.19. The fourth-order valence-corrected chi connectivity index (χ4v) is 4.06. The molecule has 0 atom stereocenters. The molecule has 158 valence electrons. The Morgan fingerprint density at radius 3 is 2.53 bits per heavy atom. The van der Waals surface area contributed by atoms with E-state index in [4.69, 9.17) is 9.47 Å². The van der Waals surface area contributed by atoms with Crippen molar-refractivity contribution in [2.24, 2.45) is 0 Å². The Hall–Kier alpha value is -2.93. The summed E-state index contributed by atoms with van der Waals surface area (Å²) in [5, 5.41) is 2.91. The molecule has 0 radical (unpaired) electrons. The number of hydrogen-bond donors (Lipinski definition) is 1. The predicted octanol–water partition coefficient (Wildman–Crippen LogP) is 4.01. The number of nitrogens with one attached hydrogen (secondary N) is 1. The Bertz CT molecular complexity index is 939. The Morgan fingerprint density at radius 2 is 1.87 bits per heavy atom. The quantitative estimate of drug-likeness (QED) is 0.678. The zero-order chi connectivity index (χ0) is 21.5. The molecule has 2 amide bonds. The van der Waals surface area contributed by atoms with E-state index in [1.54, 1.807) is 36.4 Å². The summed E-state index contributed by atoms with van der Waals surface area (Å²) < 4.78 is 10.8. The lowest BCUT2D eigenvalue weighted by Crippen LogP contribution is -2.37. The van der Waals surface area contributed by atoms with Gasteiger partial charge < -0.3 is 19.7 Å². The number of hydrogen-bond acceptors (Lipinski definition) is 5. The number of benzene rings is 2. The molecule has 0 bridgehead atoms. The molecule has 0 spiro atoms. The third-order valence-corrected chi connectivity index (χ3v) is 5.74. The molecule has 1 saturated heterocycles. The van der Waals surface area contributed by atoms with Crippen LogP contribution in [-0.4, -0.2) is 55.0 Å². The van der Waals surface area contributed by atoms with Crippen molar-refractivity contribution in [2.45, 2.75) is 6.92 Å². The van der Waals surface area contributed by atoms with Crippen LogP contribution in [0.4, 0.5) is 5.69 Å². The second-order valence-corrected chi connectivity index (χ2v) is 8.08.